The van der Waals surface area contributed by atoms with E-state index in [0.29, 0.717) is 17.9 Å². The second kappa shape index (κ2) is 7.30. The highest BCUT2D eigenvalue weighted by Crippen LogP contribution is 2.30. The quantitative estimate of drug-likeness (QED) is 0.722. The molecular formula is C20H22N2O3. The van der Waals surface area contributed by atoms with Gasteiger partial charge >= 0.3 is 0 Å². The first-order valence-electron chi connectivity index (χ1n) is 8.18. The van der Waals surface area contributed by atoms with Crippen LogP contribution in [0.1, 0.15) is 24.1 Å². The highest BCUT2D eigenvalue weighted by molar-refractivity contribution is 5.89. The molecule has 0 aliphatic carbocycles. The summed E-state index contributed by atoms with van der Waals surface area (Å²) >= 11 is 0. The van der Waals surface area contributed by atoms with Gasteiger partial charge in [-0.15, -0.1) is 0 Å². The Labute approximate surface area is 147 Å². The molecule has 0 saturated heterocycles. The first-order valence-corrected chi connectivity index (χ1v) is 8.18. The highest BCUT2D eigenvalue weighted by atomic mass is 16.5. The summed E-state index contributed by atoms with van der Waals surface area (Å²) < 4.78 is 10.6. The van der Waals surface area contributed by atoms with Gasteiger partial charge in [0.05, 0.1) is 26.7 Å². The lowest BCUT2D eigenvalue weighted by atomic mass is 10.1. The van der Waals surface area contributed by atoms with E-state index in [9.17, 15) is 4.79 Å². The standard InChI is InChI=1S/C20H22N2O3/c1-13(14-8-9-18(24-2)19(10-14)25-3)22-20(23)11-15-12-21-17-7-5-4-6-16(15)17/h4-10,12-13,21H,11H2,1-3H3,(H,22,23). The molecule has 1 aromatic heterocycles. The fourth-order valence-electron chi connectivity index (χ4n) is 2.95. The fraction of sp³-hybridized carbons (Fsp3) is 0.250. The minimum atomic E-state index is -0.127. The maximum atomic E-state index is 12.4. The number of carbonyl (C=O) groups is 1. The molecule has 1 heterocycles. The Bertz CT molecular complexity index is 886. The predicted molar refractivity (Wildman–Crippen MR) is 98.1 cm³/mol. The molecule has 0 aliphatic rings. The fourth-order valence-corrected chi connectivity index (χ4v) is 2.95. The normalized spacial score (nSPS) is 12.0. The molecule has 0 radical (unpaired) electrons. The van der Waals surface area contributed by atoms with Crippen molar-refractivity contribution in [2.75, 3.05) is 14.2 Å². The number of fused-ring (bicyclic) bond motifs is 1. The number of ether oxygens (including phenoxy) is 2. The number of hydrogen-bond donors (Lipinski definition) is 2. The molecular weight excluding hydrogens is 316 g/mol. The molecule has 3 rings (SSSR count). The van der Waals surface area contributed by atoms with E-state index in [-0.39, 0.29) is 11.9 Å². The molecule has 0 spiro atoms. The second-order valence-corrected chi connectivity index (χ2v) is 5.94. The van der Waals surface area contributed by atoms with Crippen LogP contribution in [0.5, 0.6) is 11.5 Å². The lowest BCUT2D eigenvalue weighted by Gasteiger charge is -2.16. The van der Waals surface area contributed by atoms with Crippen LogP contribution < -0.4 is 14.8 Å². The number of aromatic nitrogens is 1. The highest BCUT2D eigenvalue weighted by Gasteiger charge is 2.14. The van der Waals surface area contributed by atoms with Crippen LogP contribution in [0.25, 0.3) is 10.9 Å². The van der Waals surface area contributed by atoms with E-state index in [1.807, 2.05) is 55.6 Å². The van der Waals surface area contributed by atoms with Crippen molar-refractivity contribution in [3.05, 3.63) is 59.8 Å². The van der Waals surface area contributed by atoms with Crippen LogP contribution in [0.3, 0.4) is 0 Å². The Balaban J connectivity index is 1.70. The van der Waals surface area contributed by atoms with E-state index in [1.165, 1.54) is 0 Å². The predicted octanol–water partition coefficient (Wildman–Crippen LogP) is 3.61. The zero-order chi connectivity index (χ0) is 17.8. The number of methoxy groups -OCH3 is 2. The maximum Gasteiger partial charge on any atom is 0.224 e. The van der Waals surface area contributed by atoms with Gasteiger partial charge in [-0.2, -0.15) is 0 Å². The summed E-state index contributed by atoms with van der Waals surface area (Å²) in [5.41, 5.74) is 3.00. The van der Waals surface area contributed by atoms with Crippen molar-refractivity contribution >= 4 is 16.8 Å². The number of para-hydroxylation sites is 1. The number of amides is 1. The molecule has 5 nitrogen and oxygen atoms in total. The average molecular weight is 338 g/mol. The summed E-state index contributed by atoms with van der Waals surface area (Å²) in [7, 11) is 3.20. The topological polar surface area (TPSA) is 63.3 Å². The third-order valence-electron chi connectivity index (χ3n) is 4.31. The monoisotopic (exact) mass is 338 g/mol. The lowest BCUT2D eigenvalue weighted by molar-refractivity contribution is -0.121. The summed E-state index contributed by atoms with van der Waals surface area (Å²) in [6.07, 6.45) is 2.23. The summed E-state index contributed by atoms with van der Waals surface area (Å²) in [6, 6.07) is 13.5. The van der Waals surface area contributed by atoms with Gasteiger partial charge < -0.3 is 19.8 Å². The summed E-state index contributed by atoms with van der Waals surface area (Å²) in [5.74, 6) is 1.30. The number of carbonyl (C=O) groups excluding carboxylic acids is 1. The molecule has 130 valence electrons. The van der Waals surface area contributed by atoms with Crippen molar-refractivity contribution in [2.45, 2.75) is 19.4 Å². The molecule has 0 fully saturated rings. The second-order valence-electron chi connectivity index (χ2n) is 5.94. The average Bonchev–Trinajstić information content (AvgIpc) is 3.04. The maximum absolute atomic E-state index is 12.4. The van der Waals surface area contributed by atoms with Crippen molar-refractivity contribution in [1.82, 2.24) is 10.3 Å². The van der Waals surface area contributed by atoms with Crippen LogP contribution >= 0.6 is 0 Å². The first kappa shape index (κ1) is 16.9. The van der Waals surface area contributed by atoms with Crippen LogP contribution in [0.2, 0.25) is 0 Å². The van der Waals surface area contributed by atoms with Gasteiger partial charge in [0.25, 0.3) is 0 Å². The third kappa shape index (κ3) is 3.60. The Hall–Kier alpha value is -2.95. The number of hydrogen-bond acceptors (Lipinski definition) is 3. The number of rotatable bonds is 6. The zero-order valence-corrected chi connectivity index (χ0v) is 14.6. The van der Waals surface area contributed by atoms with Crippen molar-refractivity contribution in [1.29, 1.82) is 0 Å². The summed E-state index contributed by atoms with van der Waals surface area (Å²) in [6.45, 7) is 1.95. The molecule has 1 atom stereocenters. The molecule has 3 aromatic rings. The van der Waals surface area contributed by atoms with Crippen molar-refractivity contribution in [2.24, 2.45) is 0 Å². The Kier molecular flexibility index (Phi) is 4.93. The minimum absolute atomic E-state index is 0.0213. The Morgan fingerprint density at radius 2 is 1.88 bits per heavy atom. The van der Waals surface area contributed by atoms with E-state index in [2.05, 4.69) is 10.3 Å². The summed E-state index contributed by atoms with van der Waals surface area (Å²) in [5, 5.41) is 4.12. The van der Waals surface area contributed by atoms with Gasteiger partial charge in [-0.3, -0.25) is 4.79 Å². The first-order chi connectivity index (χ1) is 12.1. The molecule has 2 N–H and O–H groups in total. The Morgan fingerprint density at radius 3 is 2.64 bits per heavy atom. The van der Waals surface area contributed by atoms with Gasteiger partial charge in [0.15, 0.2) is 11.5 Å². The van der Waals surface area contributed by atoms with Crippen molar-refractivity contribution in [3.63, 3.8) is 0 Å². The number of aromatic amines is 1. The minimum Gasteiger partial charge on any atom is -0.493 e. The van der Waals surface area contributed by atoms with Crippen LogP contribution in [-0.2, 0) is 11.2 Å². The van der Waals surface area contributed by atoms with Crippen molar-refractivity contribution < 1.29 is 14.3 Å². The van der Waals surface area contributed by atoms with Crippen LogP contribution in [0, 0.1) is 0 Å². The largest absolute Gasteiger partial charge is 0.493 e. The zero-order valence-electron chi connectivity index (χ0n) is 14.6. The number of benzene rings is 2. The van der Waals surface area contributed by atoms with Gasteiger partial charge in [-0.1, -0.05) is 24.3 Å². The molecule has 0 bridgehead atoms. The molecule has 0 aliphatic heterocycles. The summed E-state index contributed by atoms with van der Waals surface area (Å²) in [4.78, 5) is 15.6. The van der Waals surface area contributed by atoms with E-state index in [4.69, 9.17) is 9.47 Å². The lowest BCUT2D eigenvalue weighted by Crippen LogP contribution is -2.28. The van der Waals surface area contributed by atoms with Gasteiger partial charge in [-0.05, 0) is 36.2 Å². The van der Waals surface area contributed by atoms with Gasteiger partial charge in [-0.25, -0.2) is 0 Å². The van der Waals surface area contributed by atoms with Crippen LogP contribution in [-0.4, -0.2) is 25.1 Å². The molecule has 2 aromatic carbocycles. The number of nitrogens with one attached hydrogen (secondary N) is 2. The van der Waals surface area contributed by atoms with E-state index in [1.54, 1.807) is 14.2 Å². The molecule has 5 heteroatoms. The molecule has 25 heavy (non-hydrogen) atoms. The molecule has 1 unspecified atom stereocenters. The molecule has 0 saturated carbocycles. The molecule has 1 amide bonds. The van der Waals surface area contributed by atoms with Gasteiger partial charge in [0.1, 0.15) is 0 Å². The van der Waals surface area contributed by atoms with Gasteiger partial charge in [0.2, 0.25) is 5.91 Å². The third-order valence-corrected chi connectivity index (χ3v) is 4.31. The Morgan fingerprint density at radius 1 is 1.12 bits per heavy atom. The van der Waals surface area contributed by atoms with Crippen LogP contribution in [0.15, 0.2) is 48.7 Å². The number of H-pyrrole nitrogens is 1. The van der Waals surface area contributed by atoms with Crippen LogP contribution in [0.4, 0.5) is 0 Å². The van der Waals surface area contributed by atoms with Crippen molar-refractivity contribution in [3.8, 4) is 11.5 Å². The van der Waals surface area contributed by atoms with E-state index < -0.39 is 0 Å². The SMILES string of the molecule is COc1ccc(C(C)NC(=O)Cc2c[nH]c3ccccc23)cc1OC. The van der Waals surface area contributed by atoms with E-state index >= 15 is 0 Å². The van der Waals surface area contributed by atoms with E-state index in [0.717, 1.165) is 22.0 Å². The van der Waals surface area contributed by atoms with Gasteiger partial charge in [0, 0.05) is 17.1 Å². The smallest absolute Gasteiger partial charge is 0.224 e.